The van der Waals surface area contributed by atoms with Gasteiger partial charge in [0.1, 0.15) is 5.15 Å². The molecular formula is C11H16ClN3O. The molecule has 1 amide bonds. The van der Waals surface area contributed by atoms with Crippen LogP contribution in [0.15, 0.2) is 12.3 Å². The number of carbonyl (C=O) groups excluding carboxylic acids is 1. The molecule has 3 N–H and O–H groups in total. The number of aryl methyl sites for hydroxylation is 1. The number of carbonyl (C=O) groups is 1. The van der Waals surface area contributed by atoms with E-state index in [1.165, 1.54) is 0 Å². The Morgan fingerprint density at radius 3 is 2.94 bits per heavy atom. The minimum atomic E-state index is -0.0548. The molecular weight excluding hydrogens is 226 g/mol. The largest absolute Gasteiger partial charge is 0.328 e. The monoisotopic (exact) mass is 241 g/mol. The molecule has 0 aromatic carbocycles. The summed E-state index contributed by atoms with van der Waals surface area (Å²) in [5.74, 6) is -0.0548. The van der Waals surface area contributed by atoms with Gasteiger partial charge in [0, 0.05) is 12.5 Å². The Morgan fingerprint density at radius 1 is 1.69 bits per heavy atom. The highest BCUT2D eigenvalue weighted by molar-refractivity contribution is 6.30. The molecule has 4 nitrogen and oxygen atoms in total. The number of anilines is 1. The van der Waals surface area contributed by atoms with Crippen molar-refractivity contribution in [2.24, 2.45) is 5.73 Å². The highest BCUT2D eigenvalue weighted by Gasteiger charge is 2.05. The summed E-state index contributed by atoms with van der Waals surface area (Å²) < 4.78 is 0. The van der Waals surface area contributed by atoms with Gasteiger partial charge < -0.3 is 11.1 Å². The van der Waals surface area contributed by atoms with Crippen LogP contribution in [0.4, 0.5) is 5.69 Å². The van der Waals surface area contributed by atoms with E-state index in [2.05, 4.69) is 10.3 Å². The summed E-state index contributed by atoms with van der Waals surface area (Å²) in [6, 6.07) is 1.83. The van der Waals surface area contributed by atoms with Crippen LogP contribution in [0.2, 0.25) is 5.15 Å². The summed E-state index contributed by atoms with van der Waals surface area (Å²) in [7, 11) is 0. The standard InChI is InChI=1S/C11H16ClN3O/c1-7-5-9(6-14-11(7)12)15-10(16)4-3-8(2)13/h5-6,8H,3-4,13H2,1-2H3,(H,15,16). The van der Waals surface area contributed by atoms with E-state index in [9.17, 15) is 4.79 Å². The molecule has 0 saturated carbocycles. The predicted molar refractivity (Wildman–Crippen MR) is 65.5 cm³/mol. The smallest absolute Gasteiger partial charge is 0.224 e. The second-order valence-corrected chi connectivity index (χ2v) is 4.25. The van der Waals surface area contributed by atoms with E-state index >= 15 is 0 Å². The van der Waals surface area contributed by atoms with Crippen molar-refractivity contribution in [1.82, 2.24) is 4.98 Å². The van der Waals surface area contributed by atoms with Gasteiger partial charge in [-0.05, 0) is 31.9 Å². The van der Waals surface area contributed by atoms with E-state index < -0.39 is 0 Å². The molecule has 0 bridgehead atoms. The van der Waals surface area contributed by atoms with Gasteiger partial charge in [0.25, 0.3) is 0 Å². The maximum atomic E-state index is 11.5. The molecule has 16 heavy (non-hydrogen) atoms. The van der Waals surface area contributed by atoms with Crippen LogP contribution in [0.3, 0.4) is 0 Å². The molecule has 0 fully saturated rings. The maximum absolute atomic E-state index is 11.5. The van der Waals surface area contributed by atoms with Crippen LogP contribution in [0.1, 0.15) is 25.3 Å². The Balaban J connectivity index is 2.53. The lowest BCUT2D eigenvalue weighted by Gasteiger charge is -2.07. The summed E-state index contributed by atoms with van der Waals surface area (Å²) in [6.45, 7) is 3.72. The molecule has 0 aliphatic rings. The van der Waals surface area contributed by atoms with Crippen LogP contribution in [-0.2, 0) is 4.79 Å². The van der Waals surface area contributed by atoms with Crippen molar-refractivity contribution in [2.45, 2.75) is 32.7 Å². The number of halogens is 1. The molecule has 88 valence electrons. The zero-order chi connectivity index (χ0) is 12.1. The van der Waals surface area contributed by atoms with Gasteiger partial charge in [-0.2, -0.15) is 0 Å². The SMILES string of the molecule is Cc1cc(NC(=O)CCC(C)N)cnc1Cl. The van der Waals surface area contributed by atoms with Crippen LogP contribution < -0.4 is 11.1 Å². The molecule has 0 spiro atoms. The third-order valence-electron chi connectivity index (χ3n) is 2.12. The zero-order valence-corrected chi connectivity index (χ0v) is 10.2. The van der Waals surface area contributed by atoms with Crippen LogP contribution >= 0.6 is 11.6 Å². The lowest BCUT2D eigenvalue weighted by atomic mass is 10.2. The van der Waals surface area contributed by atoms with E-state index in [0.29, 0.717) is 23.7 Å². The molecule has 1 aromatic heterocycles. The highest BCUT2D eigenvalue weighted by Crippen LogP contribution is 2.16. The summed E-state index contributed by atoms with van der Waals surface area (Å²) in [6.07, 6.45) is 2.63. The number of nitrogens with one attached hydrogen (secondary N) is 1. The second kappa shape index (κ2) is 5.82. The summed E-state index contributed by atoms with van der Waals surface area (Å²) >= 11 is 5.78. The Kier molecular flexibility index (Phi) is 4.71. The number of amides is 1. The zero-order valence-electron chi connectivity index (χ0n) is 9.46. The first-order valence-corrected chi connectivity index (χ1v) is 5.54. The highest BCUT2D eigenvalue weighted by atomic mass is 35.5. The Hall–Kier alpha value is -1.13. The number of hydrogen-bond acceptors (Lipinski definition) is 3. The van der Waals surface area contributed by atoms with Crippen molar-refractivity contribution < 1.29 is 4.79 Å². The molecule has 0 aliphatic carbocycles. The predicted octanol–water partition coefficient (Wildman–Crippen LogP) is 2.11. The van der Waals surface area contributed by atoms with Gasteiger partial charge in [0.2, 0.25) is 5.91 Å². The number of aromatic nitrogens is 1. The van der Waals surface area contributed by atoms with E-state index in [-0.39, 0.29) is 11.9 Å². The van der Waals surface area contributed by atoms with E-state index in [1.54, 1.807) is 12.3 Å². The fraction of sp³-hybridized carbons (Fsp3) is 0.455. The third kappa shape index (κ3) is 4.16. The second-order valence-electron chi connectivity index (χ2n) is 3.90. The third-order valence-corrected chi connectivity index (χ3v) is 2.52. The molecule has 0 aliphatic heterocycles. The Labute approximate surface area is 100 Å². The van der Waals surface area contributed by atoms with Gasteiger partial charge in [0.05, 0.1) is 11.9 Å². The maximum Gasteiger partial charge on any atom is 0.224 e. The van der Waals surface area contributed by atoms with E-state index in [1.807, 2.05) is 13.8 Å². The quantitative estimate of drug-likeness (QED) is 0.794. The first kappa shape index (κ1) is 12.9. The van der Waals surface area contributed by atoms with Gasteiger partial charge >= 0.3 is 0 Å². The van der Waals surface area contributed by atoms with E-state index in [4.69, 9.17) is 17.3 Å². The molecule has 0 saturated heterocycles. The van der Waals surface area contributed by atoms with Crippen molar-refractivity contribution in [3.8, 4) is 0 Å². The van der Waals surface area contributed by atoms with Crippen molar-refractivity contribution >= 4 is 23.2 Å². The number of rotatable bonds is 4. The van der Waals surface area contributed by atoms with Crippen molar-refractivity contribution in [3.63, 3.8) is 0 Å². The van der Waals surface area contributed by atoms with Gasteiger partial charge in [-0.15, -0.1) is 0 Å². The Morgan fingerprint density at radius 2 is 2.38 bits per heavy atom. The minimum absolute atomic E-state index is 0.0378. The molecule has 5 heteroatoms. The molecule has 1 atom stereocenters. The van der Waals surface area contributed by atoms with Crippen LogP contribution in [0.25, 0.3) is 0 Å². The minimum Gasteiger partial charge on any atom is -0.328 e. The van der Waals surface area contributed by atoms with Gasteiger partial charge in [-0.3, -0.25) is 4.79 Å². The molecule has 1 unspecified atom stereocenters. The summed E-state index contributed by atoms with van der Waals surface area (Å²) in [5.41, 5.74) is 7.07. The molecule has 1 aromatic rings. The number of pyridine rings is 1. The van der Waals surface area contributed by atoms with Gasteiger partial charge in [-0.1, -0.05) is 11.6 Å². The average Bonchev–Trinajstić information content (AvgIpc) is 2.21. The summed E-state index contributed by atoms with van der Waals surface area (Å²) in [5, 5.41) is 3.20. The lowest BCUT2D eigenvalue weighted by molar-refractivity contribution is -0.116. The molecule has 1 heterocycles. The summed E-state index contributed by atoms with van der Waals surface area (Å²) in [4.78, 5) is 15.4. The normalized spacial score (nSPS) is 12.2. The number of nitrogens with zero attached hydrogens (tertiary/aromatic N) is 1. The van der Waals surface area contributed by atoms with E-state index in [0.717, 1.165) is 5.56 Å². The van der Waals surface area contributed by atoms with Gasteiger partial charge in [-0.25, -0.2) is 4.98 Å². The van der Waals surface area contributed by atoms with Crippen LogP contribution in [0, 0.1) is 6.92 Å². The number of nitrogens with two attached hydrogens (primary N) is 1. The van der Waals surface area contributed by atoms with Crippen molar-refractivity contribution in [1.29, 1.82) is 0 Å². The first-order chi connectivity index (χ1) is 7.49. The molecule has 1 rings (SSSR count). The molecule has 0 radical (unpaired) electrons. The first-order valence-electron chi connectivity index (χ1n) is 5.16. The van der Waals surface area contributed by atoms with Crippen molar-refractivity contribution in [3.05, 3.63) is 23.0 Å². The lowest BCUT2D eigenvalue weighted by Crippen LogP contribution is -2.19. The average molecular weight is 242 g/mol. The van der Waals surface area contributed by atoms with Gasteiger partial charge in [0.15, 0.2) is 0 Å². The van der Waals surface area contributed by atoms with Crippen molar-refractivity contribution in [2.75, 3.05) is 5.32 Å². The van der Waals surface area contributed by atoms with Crippen LogP contribution in [0.5, 0.6) is 0 Å². The Bertz CT molecular complexity index is 379. The topological polar surface area (TPSA) is 68.0 Å². The van der Waals surface area contributed by atoms with Crippen LogP contribution in [-0.4, -0.2) is 16.9 Å². The number of hydrogen-bond donors (Lipinski definition) is 2. The fourth-order valence-corrected chi connectivity index (χ4v) is 1.31. The fourth-order valence-electron chi connectivity index (χ4n) is 1.21.